The molecule has 2 unspecified atom stereocenters. The predicted molar refractivity (Wildman–Crippen MR) is 107 cm³/mol. The van der Waals surface area contributed by atoms with E-state index in [1.807, 2.05) is 6.07 Å². The Balaban J connectivity index is 1.98. The summed E-state index contributed by atoms with van der Waals surface area (Å²) in [6.07, 6.45) is 3.22. The van der Waals surface area contributed by atoms with Crippen LogP contribution in [-0.2, 0) is 4.79 Å². The Hall–Kier alpha value is -3.13. The summed E-state index contributed by atoms with van der Waals surface area (Å²) in [5.74, 6) is 0.377. The fraction of sp³-hybridized carbons (Fsp3) is 0.211. The first kappa shape index (κ1) is 18.7. The molecule has 0 saturated carbocycles. The van der Waals surface area contributed by atoms with Gasteiger partial charge in [-0.1, -0.05) is 6.58 Å². The lowest BCUT2D eigenvalue weighted by atomic mass is 9.87. The molecule has 7 nitrogen and oxygen atoms in total. The highest BCUT2D eigenvalue weighted by molar-refractivity contribution is 7.80. The highest BCUT2D eigenvalue weighted by atomic mass is 32.1. The van der Waals surface area contributed by atoms with E-state index in [0.717, 1.165) is 5.56 Å². The number of hydrogen-bond donors (Lipinski definition) is 3. The molecule has 0 spiro atoms. The Labute approximate surface area is 162 Å². The minimum absolute atomic E-state index is 0.245. The van der Waals surface area contributed by atoms with Crippen molar-refractivity contribution in [2.24, 2.45) is 5.92 Å². The average molecular weight is 384 g/mol. The van der Waals surface area contributed by atoms with Gasteiger partial charge in [-0.3, -0.25) is 9.78 Å². The van der Waals surface area contributed by atoms with Gasteiger partial charge >= 0.3 is 0 Å². The van der Waals surface area contributed by atoms with E-state index in [1.54, 1.807) is 50.9 Å². The number of thiocarbonyl (C=S) groups is 1. The van der Waals surface area contributed by atoms with Crippen LogP contribution < -0.4 is 25.4 Å². The fourth-order valence-corrected chi connectivity index (χ4v) is 3.25. The molecule has 1 aliphatic heterocycles. The van der Waals surface area contributed by atoms with Gasteiger partial charge in [-0.25, -0.2) is 0 Å². The van der Waals surface area contributed by atoms with Gasteiger partial charge in [0.1, 0.15) is 17.4 Å². The van der Waals surface area contributed by atoms with Crippen LogP contribution in [0.4, 0.5) is 5.69 Å². The Morgan fingerprint density at radius 3 is 2.78 bits per heavy atom. The minimum atomic E-state index is -0.641. The van der Waals surface area contributed by atoms with Crippen molar-refractivity contribution in [1.29, 1.82) is 0 Å². The molecule has 1 amide bonds. The number of benzene rings is 1. The van der Waals surface area contributed by atoms with Gasteiger partial charge in [0.25, 0.3) is 0 Å². The van der Waals surface area contributed by atoms with E-state index < -0.39 is 12.0 Å². The number of carbonyl (C=O) groups excluding carboxylic acids is 1. The maximum absolute atomic E-state index is 13.0. The van der Waals surface area contributed by atoms with Crippen LogP contribution in [0.1, 0.15) is 11.6 Å². The maximum Gasteiger partial charge on any atom is 0.235 e. The summed E-state index contributed by atoms with van der Waals surface area (Å²) in [5.41, 5.74) is 1.84. The third-order valence-corrected chi connectivity index (χ3v) is 4.47. The quantitative estimate of drug-likeness (QED) is 0.683. The van der Waals surface area contributed by atoms with Gasteiger partial charge in [-0.2, -0.15) is 0 Å². The van der Waals surface area contributed by atoms with Crippen molar-refractivity contribution in [3.05, 3.63) is 60.6 Å². The predicted octanol–water partition coefficient (Wildman–Crippen LogP) is 2.39. The summed E-state index contributed by atoms with van der Waals surface area (Å²) in [6.45, 7) is 4.00. The Bertz CT molecular complexity index is 873. The monoisotopic (exact) mass is 384 g/mol. The van der Waals surface area contributed by atoms with Crippen LogP contribution in [0.5, 0.6) is 11.5 Å². The molecule has 1 saturated heterocycles. The van der Waals surface area contributed by atoms with Gasteiger partial charge in [0.2, 0.25) is 5.91 Å². The summed E-state index contributed by atoms with van der Waals surface area (Å²) in [4.78, 5) is 17.0. The van der Waals surface area contributed by atoms with E-state index in [2.05, 4.69) is 27.5 Å². The zero-order valence-electron chi connectivity index (χ0n) is 15.0. The highest BCUT2D eigenvalue weighted by Gasteiger charge is 2.38. The lowest BCUT2D eigenvalue weighted by molar-refractivity contribution is -0.119. The summed E-state index contributed by atoms with van der Waals surface area (Å²) in [7, 11) is 3.15. The molecule has 27 heavy (non-hydrogen) atoms. The SMILES string of the molecule is C=C1NC(=S)NC(c2cc(OC)ccc2OC)C1C(=O)Nc1cccnc1. The van der Waals surface area contributed by atoms with Crippen LogP contribution in [0.3, 0.4) is 0 Å². The fourth-order valence-electron chi connectivity index (χ4n) is 2.99. The molecule has 1 fully saturated rings. The second-order valence-electron chi connectivity index (χ2n) is 5.92. The van der Waals surface area contributed by atoms with Crippen LogP contribution in [-0.4, -0.2) is 30.2 Å². The zero-order chi connectivity index (χ0) is 19.4. The maximum atomic E-state index is 13.0. The molecule has 140 valence electrons. The lowest BCUT2D eigenvalue weighted by Crippen LogP contribution is -2.51. The number of ether oxygens (including phenoxy) is 2. The summed E-state index contributed by atoms with van der Waals surface area (Å²) in [5, 5.41) is 9.35. The van der Waals surface area contributed by atoms with Crippen molar-refractivity contribution in [3.63, 3.8) is 0 Å². The summed E-state index contributed by atoms with van der Waals surface area (Å²) >= 11 is 5.27. The number of amides is 1. The largest absolute Gasteiger partial charge is 0.497 e. The van der Waals surface area contributed by atoms with Crippen molar-refractivity contribution in [3.8, 4) is 11.5 Å². The van der Waals surface area contributed by atoms with E-state index in [1.165, 1.54) is 0 Å². The number of methoxy groups -OCH3 is 2. The average Bonchev–Trinajstić information content (AvgIpc) is 2.67. The number of aromatic nitrogens is 1. The first-order valence-electron chi connectivity index (χ1n) is 8.22. The molecule has 0 aliphatic carbocycles. The van der Waals surface area contributed by atoms with E-state index in [0.29, 0.717) is 28.0 Å². The standard InChI is InChI=1S/C19H20N4O3S/c1-11-16(18(24)22-12-5-4-8-20-10-12)17(23-19(27)21-11)14-9-13(25-2)6-7-15(14)26-3/h4-10,16-17H,1H2,2-3H3,(H,22,24)(H2,21,23,27). The Morgan fingerprint density at radius 2 is 2.11 bits per heavy atom. The van der Waals surface area contributed by atoms with Gasteiger partial charge in [0.05, 0.1) is 32.1 Å². The molecule has 3 rings (SSSR count). The topological polar surface area (TPSA) is 84.5 Å². The molecule has 0 bridgehead atoms. The molecule has 2 heterocycles. The Morgan fingerprint density at radius 1 is 1.30 bits per heavy atom. The van der Waals surface area contributed by atoms with Gasteiger partial charge in [-0.15, -0.1) is 0 Å². The van der Waals surface area contributed by atoms with Gasteiger partial charge < -0.3 is 25.4 Å². The molecule has 0 radical (unpaired) electrons. The Kier molecular flexibility index (Phi) is 5.56. The highest BCUT2D eigenvalue weighted by Crippen LogP contribution is 2.37. The molecular formula is C19H20N4O3S. The number of nitrogens with zero attached hydrogens (tertiary/aromatic N) is 1. The van der Waals surface area contributed by atoms with Gasteiger partial charge in [0, 0.05) is 17.5 Å². The van der Waals surface area contributed by atoms with Crippen LogP contribution in [0.25, 0.3) is 0 Å². The summed E-state index contributed by atoms with van der Waals surface area (Å²) < 4.78 is 10.8. The van der Waals surface area contributed by atoms with Crippen molar-refractivity contribution < 1.29 is 14.3 Å². The third-order valence-electron chi connectivity index (χ3n) is 4.25. The van der Waals surface area contributed by atoms with Crippen molar-refractivity contribution in [1.82, 2.24) is 15.6 Å². The lowest BCUT2D eigenvalue weighted by Gasteiger charge is -2.36. The second kappa shape index (κ2) is 8.05. The molecule has 2 atom stereocenters. The number of pyridine rings is 1. The first-order valence-corrected chi connectivity index (χ1v) is 8.63. The second-order valence-corrected chi connectivity index (χ2v) is 6.33. The normalized spacial score (nSPS) is 18.9. The molecule has 1 aromatic heterocycles. The number of nitrogens with one attached hydrogen (secondary N) is 3. The third kappa shape index (κ3) is 4.01. The minimum Gasteiger partial charge on any atom is -0.497 e. The van der Waals surface area contributed by atoms with Gasteiger partial charge in [0.15, 0.2) is 5.11 Å². The van der Waals surface area contributed by atoms with Crippen molar-refractivity contribution in [2.75, 3.05) is 19.5 Å². The molecular weight excluding hydrogens is 364 g/mol. The first-order chi connectivity index (χ1) is 13.0. The molecule has 3 N–H and O–H groups in total. The van der Waals surface area contributed by atoms with E-state index in [4.69, 9.17) is 21.7 Å². The van der Waals surface area contributed by atoms with Crippen LogP contribution in [0.15, 0.2) is 55.0 Å². The molecule has 8 heteroatoms. The van der Waals surface area contributed by atoms with Crippen LogP contribution in [0.2, 0.25) is 0 Å². The molecule has 1 aliphatic rings. The van der Waals surface area contributed by atoms with E-state index >= 15 is 0 Å². The van der Waals surface area contributed by atoms with E-state index in [9.17, 15) is 4.79 Å². The van der Waals surface area contributed by atoms with Crippen LogP contribution in [0, 0.1) is 5.92 Å². The number of carbonyl (C=O) groups is 1. The van der Waals surface area contributed by atoms with E-state index in [-0.39, 0.29) is 5.91 Å². The molecule has 2 aromatic rings. The van der Waals surface area contributed by atoms with Crippen LogP contribution >= 0.6 is 12.2 Å². The number of hydrogen-bond acceptors (Lipinski definition) is 5. The van der Waals surface area contributed by atoms with Crippen molar-refractivity contribution >= 4 is 28.9 Å². The molecule has 1 aromatic carbocycles. The zero-order valence-corrected chi connectivity index (χ0v) is 15.8. The summed E-state index contributed by atoms with van der Waals surface area (Å²) in [6, 6.07) is 8.44. The smallest absolute Gasteiger partial charge is 0.235 e. The number of rotatable bonds is 5. The van der Waals surface area contributed by atoms with Crippen molar-refractivity contribution in [2.45, 2.75) is 6.04 Å². The van der Waals surface area contributed by atoms with Gasteiger partial charge in [-0.05, 0) is 42.5 Å². The number of anilines is 1.